The van der Waals surface area contributed by atoms with E-state index in [0.29, 0.717) is 0 Å². The van der Waals surface area contributed by atoms with E-state index in [0.717, 1.165) is 18.2 Å². The third-order valence-electron chi connectivity index (χ3n) is 2.76. The van der Waals surface area contributed by atoms with Gasteiger partial charge in [-0.15, -0.1) is 10.2 Å². The molecule has 0 aliphatic heterocycles. The molecule has 0 fully saturated rings. The van der Waals surface area contributed by atoms with E-state index in [4.69, 9.17) is 5.26 Å². The number of nitriles is 1. The van der Waals surface area contributed by atoms with E-state index in [1.807, 2.05) is 5.32 Å². The molecule has 1 heterocycles. The lowest BCUT2D eigenvalue weighted by atomic mass is 10.1. The maximum Gasteiger partial charge on any atom is 0.445 e. The second-order valence-electron chi connectivity index (χ2n) is 4.54. The summed E-state index contributed by atoms with van der Waals surface area (Å²) in [6.45, 7) is 0. The number of phenolic OH excluding ortho intramolecular Hbond substituents is 1. The molecule has 0 saturated carbocycles. The van der Waals surface area contributed by atoms with Crippen molar-refractivity contribution in [2.24, 2.45) is 0 Å². The molecule has 1 aromatic heterocycles. The average Bonchev–Trinajstić information content (AvgIpc) is 3.02. The van der Waals surface area contributed by atoms with Crippen LogP contribution in [0, 0.1) is 21.4 Å². The normalized spacial score (nSPS) is 11.7. The van der Waals surface area contributed by atoms with Crippen molar-refractivity contribution in [3.63, 3.8) is 0 Å². The Morgan fingerprint density at radius 2 is 2.12 bits per heavy atom. The highest BCUT2D eigenvalue weighted by Gasteiger charge is 2.35. The summed E-state index contributed by atoms with van der Waals surface area (Å²) >= 11 is 0.0725. The number of anilines is 1. The van der Waals surface area contributed by atoms with Crippen molar-refractivity contribution in [3.8, 4) is 11.8 Å². The smallest absolute Gasteiger partial charge is 0.445 e. The lowest BCUT2D eigenvalue weighted by Crippen LogP contribution is -2.13. The van der Waals surface area contributed by atoms with Crippen LogP contribution in [-0.2, 0) is 11.0 Å². The molecule has 0 saturated heterocycles. The summed E-state index contributed by atoms with van der Waals surface area (Å²) in [6, 6.07) is 4.65. The summed E-state index contributed by atoms with van der Waals surface area (Å²) in [7, 11) is 0. The SMILES string of the molecule is N#C/C(=C\c1ccc(O)c([N+](=O)[O-])c1)C(=O)Nc1nnc(C(F)(F)F)s1. The molecule has 2 aromatic rings. The van der Waals surface area contributed by atoms with Gasteiger partial charge in [0.2, 0.25) is 10.1 Å². The molecule has 0 aliphatic carbocycles. The summed E-state index contributed by atoms with van der Waals surface area (Å²) in [5.74, 6) is -1.68. The minimum Gasteiger partial charge on any atom is -0.502 e. The molecule has 0 atom stereocenters. The molecule has 0 radical (unpaired) electrons. The molecular weight excluding hydrogens is 379 g/mol. The number of nitro benzene ring substituents is 1. The number of amides is 1. The van der Waals surface area contributed by atoms with Crippen molar-refractivity contribution in [2.45, 2.75) is 6.18 Å². The number of carbonyl (C=O) groups excluding carboxylic acids is 1. The fraction of sp³-hybridized carbons (Fsp3) is 0.0769. The summed E-state index contributed by atoms with van der Waals surface area (Å²) in [6.07, 6.45) is -3.76. The van der Waals surface area contributed by atoms with Gasteiger partial charge in [-0.05, 0) is 17.7 Å². The number of hydrogen-bond donors (Lipinski definition) is 2. The Hall–Kier alpha value is -3.53. The summed E-state index contributed by atoms with van der Waals surface area (Å²) in [5.41, 5.74) is -1.14. The van der Waals surface area contributed by atoms with Crippen molar-refractivity contribution in [2.75, 3.05) is 5.32 Å². The van der Waals surface area contributed by atoms with Gasteiger partial charge in [0.15, 0.2) is 5.75 Å². The number of carbonyl (C=O) groups is 1. The van der Waals surface area contributed by atoms with Crippen LogP contribution < -0.4 is 5.32 Å². The molecule has 0 spiro atoms. The summed E-state index contributed by atoms with van der Waals surface area (Å²) in [5, 5.41) is 35.4. The van der Waals surface area contributed by atoms with Gasteiger partial charge in [0.25, 0.3) is 5.91 Å². The number of nitrogens with one attached hydrogen (secondary N) is 1. The highest BCUT2D eigenvalue weighted by atomic mass is 32.1. The number of alkyl halides is 3. The van der Waals surface area contributed by atoms with E-state index >= 15 is 0 Å². The monoisotopic (exact) mass is 385 g/mol. The highest BCUT2D eigenvalue weighted by molar-refractivity contribution is 7.15. The van der Waals surface area contributed by atoms with Crippen molar-refractivity contribution in [3.05, 3.63) is 44.5 Å². The number of aromatic nitrogens is 2. The maximum atomic E-state index is 12.4. The van der Waals surface area contributed by atoms with Crippen LogP contribution in [0.15, 0.2) is 23.8 Å². The molecule has 13 heteroatoms. The van der Waals surface area contributed by atoms with Gasteiger partial charge in [-0.1, -0.05) is 17.4 Å². The van der Waals surface area contributed by atoms with Gasteiger partial charge in [0.05, 0.1) is 4.92 Å². The zero-order valence-corrected chi connectivity index (χ0v) is 13.1. The molecule has 2 N–H and O–H groups in total. The Kier molecular flexibility index (Phi) is 5.17. The van der Waals surface area contributed by atoms with Crippen LogP contribution in [0.5, 0.6) is 5.75 Å². The van der Waals surface area contributed by atoms with Crippen LogP contribution in [0.2, 0.25) is 0 Å². The van der Waals surface area contributed by atoms with Crippen molar-refractivity contribution >= 4 is 34.1 Å². The Morgan fingerprint density at radius 1 is 1.42 bits per heavy atom. The molecule has 2 rings (SSSR count). The number of nitro groups is 1. The highest BCUT2D eigenvalue weighted by Crippen LogP contribution is 2.33. The maximum absolute atomic E-state index is 12.4. The van der Waals surface area contributed by atoms with Crippen LogP contribution >= 0.6 is 11.3 Å². The fourth-order valence-electron chi connectivity index (χ4n) is 1.64. The number of phenols is 1. The zero-order valence-electron chi connectivity index (χ0n) is 12.3. The fourth-order valence-corrected chi connectivity index (χ4v) is 2.25. The van der Waals surface area contributed by atoms with Gasteiger partial charge in [0.1, 0.15) is 11.6 Å². The zero-order chi connectivity index (χ0) is 19.5. The molecule has 134 valence electrons. The lowest BCUT2D eigenvalue weighted by Gasteiger charge is -2.01. The molecule has 1 amide bonds. The Bertz CT molecular complexity index is 948. The molecule has 26 heavy (non-hydrogen) atoms. The van der Waals surface area contributed by atoms with Gasteiger partial charge in [-0.3, -0.25) is 20.2 Å². The average molecular weight is 385 g/mol. The first kappa shape index (κ1) is 18.8. The molecule has 0 aliphatic rings. The van der Waals surface area contributed by atoms with Crippen molar-refractivity contribution in [1.82, 2.24) is 10.2 Å². The van der Waals surface area contributed by atoms with Crippen LogP contribution in [0.1, 0.15) is 10.6 Å². The third-order valence-corrected chi connectivity index (χ3v) is 3.64. The first-order valence-corrected chi connectivity index (χ1v) is 7.24. The van der Waals surface area contributed by atoms with Crippen molar-refractivity contribution < 1.29 is 28.0 Å². The van der Waals surface area contributed by atoms with Crippen LogP contribution in [0.4, 0.5) is 24.0 Å². The minimum absolute atomic E-state index is 0.0504. The third kappa shape index (κ3) is 4.30. The first-order chi connectivity index (χ1) is 12.1. The van der Waals surface area contributed by atoms with E-state index in [1.54, 1.807) is 0 Å². The molecule has 1 aromatic carbocycles. The minimum atomic E-state index is -4.72. The van der Waals surface area contributed by atoms with Crippen molar-refractivity contribution in [1.29, 1.82) is 5.26 Å². The Labute approximate surface area is 146 Å². The number of nitrogens with zero attached hydrogens (tertiary/aromatic N) is 4. The van der Waals surface area contributed by atoms with Gasteiger partial charge in [0, 0.05) is 6.07 Å². The predicted octanol–water partition coefficient (Wildman–Crippen LogP) is 2.72. The Morgan fingerprint density at radius 3 is 2.65 bits per heavy atom. The summed E-state index contributed by atoms with van der Waals surface area (Å²) in [4.78, 5) is 21.9. The van der Waals surface area contributed by atoms with Gasteiger partial charge < -0.3 is 5.11 Å². The van der Waals surface area contributed by atoms with Gasteiger partial charge in [-0.2, -0.15) is 18.4 Å². The Balaban J connectivity index is 2.25. The molecule has 9 nitrogen and oxygen atoms in total. The van der Waals surface area contributed by atoms with Crippen LogP contribution in [0.25, 0.3) is 6.08 Å². The predicted molar refractivity (Wildman–Crippen MR) is 81.9 cm³/mol. The number of aromatic hydroxyl groups is 1. The van der Waals surface area contributed by atoms with Crippen LogP contribution in [-0.4, -0.2) is 26.1 Å². The standard InChI is InChI=1S/C13H6F3N5O4S/c14-13(15,16)11-19-20-12(26-11)18-10(23)7(5-17)3-6-1-2-9(22)8(4-6)21(24)25/h1-4,22H,(H,18,20,23)/b7-3+. The first-order valence-electron chi connectivity index (χ1n) is 6.43. The van der Waals surface area contributed by atoms with E-state index in [2.05, 4.69) is 10.2 Å². The van der Waals surface area contributed by atoms with E-state index in [-0.39, 0.29) is 16.9 Å². The lowest BCUT2D eigenvalue weighted by molar-refractivity contribution is -0.385. The number of benzene rings is 1. The number of hydrogen-bond acceptors (Lipinski definition) is 8. The molecule has 0 unspecified atom stereocenters. The molecule has 0 bridgehead atoms. The molecular formula is C13H6F3N5O4S. The number of rotatable bonds is 4. The van der Waals surface area contributed by atoms with E-state index in [9.17, 15) is 33.2 Å². The van der Waals surface area contributed by atoms with Crippen LogP contribution in [0.3, 0.4) is 0 Å². The number of halogens is 3. The van der Waals surface area contributed by atoms with Gasteiger partial charge >= 0.3 is 11.9 Å². The second kappa shape index (κ2) is 7.15. The summed E-state index contributed by atoms with van der Waals surface area (Å²) < 4.78 is 37.3. The second-order valence-corrected chi connectivity index (χ2v) is 5.52. The van der Waals surface area contributed by atoms with E-state index < -0.39 is 44.2 Å². The largest absolute Gasteiger partial charge is 0.502 e. The van der Waals surface area contributed by atoms with E-state index in [1.165, 1.54) is 12.1 Å². The topological polar surface area (TPSA) is 142 Å². The quantitative estimate of drug-likeness (QED) is 0.356. The van der Waals surface area contributed by atoms with Gasteiger partial charge in [-0.25, -0.2) is 0 Å².